The number of carbonyl (C=O) groups excluding carboxylic acids is 2. The van der Waals surface area contributed by atoms with Crippen molar-refractivity contribution in [2.24, 2.45) is 0 Å². The third kappa shape index (κ3) is 7.54. The molecule has 0 aliphatic carbocycles. The van der Waals surface area contributed by atoms with E-state index in [-0.39, 0.29) is 12.5 Å². The van der Waals surface area contributed by atoms with E-state index in [4.69, 9.17) is 32.7 Å². The molecule has 0 heterocycles. The van der Waals surface area contributed by atoms with E-state index in [0.717, 1.165) is 0 Å². The summed E-state index contributed by atoms with van der Waals surface area (Å²) in [4.78, 5) is 23.8. The molecule has 2 amide bonds. The van der Waals surface area contributed by atoms with Gasteiger partial charge < -0.3 is 9.47 Å². The molecule has 0 fully saturated rings. The Kier molecular flexibility index (Phi) is 7.61. The summed E-state index contributed by atoms with van der Waals surface area (Å²) in [5.41, 5.74) is 4.36. The van der Waals surface area contributed by atoms with Crippen LogP contribution in [0.15, 0.2) is 24.3 Å². The van der Waals surface area contributed by atoms with E-state index in [1.165, 1.54) is 0 Å². The van der Waals surface area contributed by atoms with Gasteiger partial charge in [-0.15, -0.1) is 11.6 Å². The molecule has 0 aliphatic rings. The molecule has 2 N–H and O–H groups in total. The van der Waals surface area contributed by atoms with Crippen LogP contribution >= 0.6 is 23.2 Å². The molecule has 0 aromatic heterocycles. The van der Waals surface area contributed by atoms with Gasteiger partial charge in [-0.1, -0.05) is 23.7 Å². The van der Waals surface area contributed by atoms with Crippen LogP contribution in [0.25, 0.3) is 0 Å². The Morgan fingerprint density at radius 2 is 1.78 bits per heavy atom. The van der Waals surface area contributed by atoms with Gasteiger partial charge in [0.05, 0.1) is 6.61 Å². The van der Waals surface area contributed by atoms with Gasteiger partial charge in [0.1, 0.15) is 5.60 Å². The summed E-state index contributed by atoms with van der Waals surface area (Å²) in [6.45, 7) is 5.33. The van der Waals surface area contributed by atoms with Crippen molar-refractivity contribution in [2.75, 3.05) is 12.5 Å². The summed E-state index contributed by atoms with van der Waals surface area (Å²) in [5, 5.41) is 0.539. The van der Waals surface area contributed by atoms with Crippen LogP contribution in [0.5, 0.6) is 0 Å². The molecule has 0 spiro atoms. The minimum Gasteiger partial charge on any atom is -0.443 e. The highest BCUT2D eigenvalue weighted by Crippen LogP contribution is 2.20. The van der Waals surface area contributed by atoms with Crippen LogP contribution in [-0.2, 0) is 14.3 Å². The van der Waals surface area contributed by atoms with E-state index < -0.39 is 23.7 Å². The normalized spacial score (nSPS) is 12.4. The maximum absolute atomic E-state index is 12.2. The van der Waals surface area contributed by atoms with E-state index >= 15 is 0 Å². The minimum atomic E-state index is -0.930. The van der Waals surface area contributed by atoms with Crippen molar-refractivity contribution in [3.05, 3.63) is 34.9 Å². The van der Waals surface area contributed by atoms with Gasteiger partial charge in [0.2, 0.25) is 0 Å². The Balaban J connectivity index is 2.69. The highest BCUT2D eigenvalue weighted by molar-refractivity contribution is 6.30. The summed E-state index contributed by atoms with van der Waals surface area (Å²) in [7, 11) is 0. The first kappa shape index (κ1) is 19.5. The van der Waals surface area contributed by atoms with Gasteiger partial charge in [0, 0.05) is 10.9 Å². The van der Waals surface area contributed by atoms with Crippen molar-refractivity contribution in [1.29, 1.82) is 0 Å². The lowest BCUT2D eigenvalue weighted by molar-refractivity contribution is -0.134. The van der Waals surface area contributed by atoms with Crippen LogP contribution < -0.4 is 10.9 Å². The molecule has 128 valence electrons. The van der Waals surface area contributed by atoms with E-state index in [1.807, 2.05) is 0 Å². The summed E-state index contributed by atoms with van der Waals surface area (Å²) < 4.78 is 10.5. The molecule has 1 atom stereocenters. The van der Waals surface area contributed by atoms with E-state index in [1.54, 1.807) is 45.0 Å². The second kappa shape index (κ2) is 8.96. The summed E-state index contributed by atoms with van der Waals surface area (Å²) in [6.07, 6.45) is -1.70. The highest BCUT2D eigenvalue weighted by atomic mass is 35.5. The number of halogens is 2. The topological polar surface area (TPSA) is 76.7 Å². The zero-order valence-corrected chi connectivity index (χ0v) is 14.7. The molecule has 8 heteroatoms. The highest BCUT2D eigenvalue weighted by Gasteiger charge is 2.23. The van der Waals surface area contributed by atoms with Crippen molar-refractivity contribution in [3.63, 3.8) is 0 Å². The molecule has 0 bridgehead atoms. The lowest BCUT2D eigenvalue weighted by Gasteiger charge is -2.21. The second-order valence-electron chi connectivity index (χ2n) is 5.61. The predicted molar refractivity (Wildman–Crippen MR) is 88.4 cm³/mol. The number of hydrogen-bond acceptors (Lipinski definition) is 4. The average molecular weight is 363 g/mol. The Labute approximate surface area is 145 Å². The Morgan fingerprint density at radius 3 is 2.30 bits per heavy atom. The van der Waals surface area contributed by atoms with Gasteiger partial charge >= 0.3 is 6.09 Å². The number of ether oxygens (including phenoxy) is 2. The number of hydrazine groups is 1. The van der Waals surface area contributed by atoms with Crippen LogP contribution in [0.1, 0.15) is 32.4 Å². The Hall–Kier alpha value is -1.50. The number of rotatable bonds is 5. The van der Waals surface area contributed by atoms with Crippen LogP contribution in [0.3, 0.4) is 0 Å². The van der Waals surface area contributed by atoms with Crippen molar-refractivity contribution in [2.45, 2.75) is 32.5 Å². The molecule has 0 aliphatic heterocycles. The predicted octanol–water partition coefficient (Wildman–Crippen LogP) is 3.19. The third-order valence-corrected chi connectivity index (χ3v) is 2.87. The number of hydrogen-bond donors (Lipinski definition) is 2. The molecule has 6 nitrogen and oxygen atoms in total. The SMILES string of the molecule is CC(C)(C)OC(=O)NNC(=O)C(OCCCl)c1ccc(Cl)cc1. The maximum Gasteiger partial charge on any atom is 0.426 e. The van der Waals surface area contributed by atoms with Gasteiger partial charge in [0.25, 0.3) is 5.91 Å². The molecule has 1 rings (SSSR count). The lowest BCUT2D eigenvalue weighted by Crippen LogP contribution is -2.46. The number of amides is 2. The fourth-order valence-electron chi connectivity index (χ4n) is 1.61. The number of carbonyl (C=O) groups is 2. The summed E-state index contributed by atoms with van der Waals surface area (Å²) in [6, 6.07) is 6.60. The molecule has 1 aromatic carbocycles. The summed E-state index contributed by atoms with van der Waals surface area (Å²) >= 11 is 11.4. The van der Waals surface area contributed by atoms with Crippen LogP contribution in [0.4, 0.5) is 4.79 Å². The van der Waals surface area contributed by atoms with Gasteiger partial charge in [-0.2, -0.15) is 0 Å². The first-order chi connectivity index (χ1) is 10.7. The molecular formula is C15H20Cl2N2O4. The molecule has 1 aromatic rings. The second-order valence-corrected chi connectivity index (χ2v) is 6.42. The van der Waals surface area contributed by atoms with Gasteiger partial charge in [0.15, 0.2) is 6.10 Å². The Bertz CT molecular complexity index is 529. The fourth-order valence-corrected chi connectivity index (χ4v) is 1.82. The first-order valence-corrected chi connectivity index (χ1v) is 7.86. The van der Waals surface area contributed by atoms with Crippen molar-refractivity contribution < 1.29 is 19.1 Å². The zero-order valence-electron chi connectivity index (χ0n) is 13.2. The Morgan fingerprint density at radius 1 is 1.17 bits per heavy atom. The van der Waals surface area contributed by atoms with Crippen molar-refractivity contribution in [3.8, 4) is 0 Å². The molecule has 0 radical (unpaired) electrons. The van der Waals surface area contributed by atoms with E-state index in [9.17, 15) is 9.59 Å². The molecule has 23 heavy (non-hydrogen) atoms. The fraction of sp³-hybridized carbons (Fsp3) is 0.467. The molecular weight excluding hydrogens is 343 g/mol. The first-order valence-electron chi connectivity index (χ1n) is 6.95. The lowest BCUT2D eigenvalue weighted by atomic mass is 10.1. The molecule has 0 saturated carbocycles. The minimum absolute atomic E-state index is 0.175. The van der Waals surface area contributed by atoms with Crippen LogP contribution in [-0.4, -0.2) is 30.1 Å². The number of alkyl halides is 1. The van der Waals surface area contributed by atoms with Crippen LogP contribution in [0, 0.1) is 0 Å². The maximum atomic E-state index is 12.2. The molecule has 1 unspecified atom stereocenters. The van der Waals surface area contributed by atoms with Crippen molar-refractivity contribution >= 4 is 35.2 Å². The standard InChI is InChI=1S/C15H20Cl2N2O4/c1-15(2,3)23-14(21)19-18-13(20)12(22-9-8-16)10-4-6-11(17)7-5-10/h4-7,12H,8-9H2,1-3H3,(H,18,20)(H,19,21). The third-order valence-electron chi connectivity index (χ3n) is 2.46. The quantitative estimate of drug-likeness (QED) is 0.622. The number of benzene rings is 1. The van der Waals surface area contributed by atoms with Gasteiger partial charge in [-0.3, -0.25) is 10.2 Å². The van der Waals surface area contributed by atoms with Crippen LogP contribution in [0.2, 0.25) is 5.02 Å². The average Bonchev–Trinajstić information content (AvgIpc) is 2.45. The number of nitrogens with one attached hydrogen (secondary N) is 2. The van der Waals surface area contributed by atoms with Gasteiger partial charge in [-0.05, 0) is 38.5 Å². The van der Waals surface area contributed by atoms with E-state index in [2.05, 4.69) is 10.9 Å². The monoisotopic (exact) mass is 362 g/mol. The summed E-state index contributed by atoms with van der Waals surface area (Å²) in [5.74, 6) is -0.320. The largest absolute Gasteiger partial charge is 0.443 e. The molecule has 0 saturated heterocycles. The van der Waals surface area contributed by atoms with Crippen molar-refractivity contribution in [1.82, 2.24) is 10.9 Å². The van der Waals surface area contributed by atoms with E-state index in [0.29, 0.717) is 10.6 Å². The smallest absolute Gasteiger partial charge is 0.426 e. The zero-order chi connectivity index (χ0) is 17.5. The van der Waals surface area contributed by atoms with Gasteiger partial charge in [-0.25, -0.2) is 10.2 Å².